The number of hydrogen-bond donors (Lipinski definition) is 2. The van der Waals surface area contributed by atoms with Gasteiger partial charge < -0.3 is 10.4 Å². The minimum atomic E-state index is -0.535. The Hall–Kier alpha value is -1.00. The number of aliphatic hydroxyl groups is 1. The number of halogens is 2. The average molecular weight is 255 g/mol. The summed E-state index contributed by atoms with van der Waals surface area (Å²) in [5, 5.41) is 12.6. The largest absolute Gasteiger partial charge is 0.393 e. The van der Waals surface area contributed by atoms with Gasteiger partial charge in [-0.25, -0.2) is 8.78 Å². The van der Waals surface area contributed by atoms with E-state index in [1.807, 2.05) is 0 Å². The summed E-state index contributed by atoms with van der Waals surface area (Å²) in [6.07, 6.45) is 3.62. The van der Waals surface area contributed by atoms with Crippen molar-refractivity contribution < 1.29 is 13.9 Å². The molecular formula is C14H19F2NO. The summed E-state index contributed by atoms with van der Waals surface area (Å²) < 4.78 is 25.9. The monoisotopic (exact) mass is 255 g/mol. The molecule has 1 saturated carbocycles. The molecule has 0 spiro atoms. The van der Waals surface area contributed by atoms with Gasteiger partial charge in [0.15, 0.2) is 0 Å². The van der Waals surface area contributed by atoms with Crippen molar-refractivity contribution in [3.8, 4) is 0 Å². The van der Waals surface area contributed by atoms with Crippen LogP contribution in [-0.2, 0) is 6.54 Å². The van der Waals surface area contributed by atoms with Crippen LogP contribution in [0.2, 0.25) is 0 Å². The van der Waals surface area contributed by atoms with Crippen LogP contribution in [0.15, 0.2) is 18.2 Å². The summed E-state index contributed by atoms with van der Waals surface area (Å²) in [4.78, 5) is 0. The standard InChI is InChI=1S/C14H19F2NO/c15-12-5-11(6-13(16)7-12)9-17-8-10-1-3-14(18)4-2-10/h5-7,10,14,17-18H,1-4,8-9H2. The first-order chi connectivity index (χ1) is 8.63. The first-order valence-corrected chi connectivity index (χ1v) is 6.47. The van der Waals surface area contributed by atoms with E-state index in [2.05, 4.69) is 5.32 Å². The van der Waals surface area contributed by atoms with Crippen molar-refractivity contribution in [2.24, 2.45) is 5.92 Å². The quantitative estimate of drug-likeness (QED) is 0.866. The number of aliphatic hydroxyl groups excluding tert-OH is 1. The highest BCUT2D eigenvalue weighted by molar-refractivity contribution is 5.17. The van der Waals surface area contributed by atoms with Crippen LogP contribution in [0.1, 0.15) is 31.2 Å². The lowest BCUT2D eigenvalue weighted by Gasteiger charge is -2.25. The van der Waals surface area contributed by atoms with Crippen LogP contribution in [0.4, 0.5) is 8.78 Å². The van der Waals surface area contributed by atoms with E-state index in [0.29, 0.717) is 18.0 Å². The third kappa shape index (κ3) is 4.03. The molecule has 0 aliphatic heterocycles. The lowest BCUT2D eigenvalue weighted by molar-refractivity contribution is 0.108. The Balaban J connectivity index is 1.74. The Bertz CT molecular complexity index is 369. The fourth-order valence-corrected chi connectivity index (χ4v) is 2.48. The Labute approximate surface area is 106 Å². The van der Waals surface area contributed by atoms with E-state index in [-0.39, 0.29) is 6.10 Å². The fourth-order valence-electron chi connectivity index (χ4n) is 2.48. The predicted octanol–water partition coefficient (Wildman–Crippen LogP) is 2.61. The maximum Gasteiger partial charge on any atom is 0.126 e. The van der Waals surface area contributed by atoms with Crippen LogP contribution in [0.25, 0.3) is 0 Å². The van der Waals surface area contributed by atoms with Gasteiger partial charge in [0.05, 0.1) is 6.10 Å². The third-order valence-electron chi connectivity index (χ3n) is 3.50. The molecule has 100 valence electrons. The van der Waals surface area contributed by atoms with Crippen molar-refractivity contribution in [1.29, 1.82) is 0 Å². The van der Waals surface area contributed by atoms with Crippen LogP contribution < -0.4 is 5.32 Å². The highest BCUT2D eigenvalue weighted by Gasteiger charge is 2.18. The maximum atomic E-state index is 13.0. The molecule has 0 unspecified atom stereocenters. The van der Waals surface area contributed by atoms with E-state index in [1.54, 1.807) is 0 Å². The molecular weight excluding hydrogens is 236 g/mol. The molecule has 4 heteroatoms. The highest BCUT2D eigenvalue weighted by atomic mass is 19.1. The van der Waals surface area contributed by atoms with Gasteiger partial charge in [0.2, 0.25) is 0 Å². The van der Waals surface area contributed by atoms with Gasteiger partial charge in [0.1, 0.15) is 11.6 Å². The Morgan fingerprint density at radius 2 is 1.67 bits per heavy atom. The molecule has 1 fully saturated rings. The SMILES string of the molecule is OC1CCC(CNCc2cc(F)cc(F)c2)CC1. The van der Waals surface area contributed by atoms with E-state index in [4.69, 9.17) is 0 Å². The van der Waals surface area contributed by atoms with Crippen LogP contribution in [-0.4, -0.2) is 17.8 Å². The summed E-state index contributed by atoms with van der Waals surface area (Å²) in [7, 11) is 0. The third-order valence-corrected chi connectivity index (χ3v) is 3.50. The first kappa shape index (κ1) is 13.4. The molecule has 2 rings (SSSR count). The van der Waals surface area contributed by atoms with E-state index < -0.39 is 11.6 Å². The summed E-state index contributed by atoms with van der Waals surface area (Å²) in [6, 6.07) is 3.58. The highest BCUT2D eigenvalue weighted by Crippen LogP contribution is 2.23. The van der Waals surface area contributed by atoms with Gasteiger partial charge in [-0.3, -0.25) is 0 Å². The van der Waals surface area contributed by atoms with Gasteiger partial charge in [-0.15, -0.1) is 0 Å². The molecule has 2 nitrogen and oxygen atoms in total. The minimum absolute atomic E-state index is 0.140. The molecule has 0 saturated heterocycles. The molecule has 0 heterocycles. The van der Waals surface area contributed by atoms with E-state index in [9.17, 15) is 13.9 Å². The number of nitrogens with one attached hydrogen (secondary N) is 1. The number of rotatable bonds is 4. The molecule has 0 atom stereocenters. The number of benzene rings is 1. The normalized spacial score (nSPS) is 24.2. The molecule has 1 aliphatic carbocycles. The van der Waals surface area contributed by atoms with E-state index >= 15 is 0 Å². The molecule has 1 aliphatic rings. The lowest BCUT2D eigenvalue weighted by atomic mass is 9.87. The van der Waals surface area contributed by atoms with Crippen molar-refractivity contribution in [2.75, 3.05) is 6.54 Å². The van der Waals surface area contributed by atoms with E-state index in [0.717, 1.165) is 38.3 Å². The number of hydrogen-bond acceptors (Lipinski definition) is 2. The van der Waals surface area contributed by atoms with Crippen LogP contribution in [0.3, 0.4) is 0 Å². The van der Waals surface area contributed by atoms with Crippen molar-refractivity contribution in [1.82, 2.24) is 5.32 Å². The van der Waals surface area contributed by atoms with Gasteiger partial charge in [-0.1, -0.05) is 0 Å². The second-order valence-electron chi connectivity index (χ2n) is 5.08. The maximum absolute atomic E-state index is 13.0. The fraction of sp³-hybridized carbons (Fsp3) is 0.571. The average Bonchev–Trinajstić information content (AvgIpc) is 2.30. The summed E-state index contributed by atoms with van der Waals surface area (Å²) in [6.45, 7) is 1.32. The van der Waals surface area contributed by atoms with Gasteiger partial charge >= 0.3 is 0 Å². The topological polar surface area (TPSA) is 32.3 Å². The van der Waals surface area contributed by atoms with Gasteiger partial charge in [0.25, 0.3) is 0 Å². The Kier molecular flexibility index (Phi) is 4.66. The second kappa shape index (κ2) is 6.25. The zero-order chi connectivity index (χ0) is 13.0. The molecule has 0 bridgehead atoms. The molecule has 0 aromatic heterocycles. The Morgan fingerprint density at radius 1 is 1.06 bits per heavy atom. The van der Waals surface area contributed by atoms with Crippen LogP contribution in [0.5, 0.6) is 0 Å². The van der Waals surface area contributed by atoms with E-state index in [1.165, 1.54) is 12.1 Å². The van der Waals surface area contributed by atoms with Gasteiger partial charge in [-0.2, -0.15) is 0 Å². The minimum Gasteiger partial charge on any atom is -0.393 e. The summed E-state index contributed by atoms with van der Waals surface area (Å²) >= 11 is 0. The van der Waals surface area contributed by atoms with Crippen LogP contribution >= 0.6 is 0 Å². The predicted molar refractivity (Wildman–Crippen MR) is 66.0 cm³/mol. The summed E-state index contributed by atoms with van der Waals surface area (Å²) in [5.41, 5.74) is 0.628. The van der Waals surface area contributed by atoms with Gasteiger partial charge in [-0.05, 0) is 55.8 Å². The first-order valence-electron chi connectivity index (χ1n) is 6.47. The van der Waals surface area contributed by atoms with Crippen molar-refractivity contribution >= 4 is 0 Å². The van der Waals surface area contributed by atoms with Gasteiger partial charge in [0, 0.05) is 12.6 Å². The summed E-state index contributed by atoms with van der Waals surface area (Å²) in [5.74, 6) is -0.507. The molecule has 18 heavy (non-hydrogen) atoms. The van der Waals surface area contributed by atoms with Crippen LogP contribution in [0, 0.1) is 17.6 Å². The van der Waals surface area contributed by atoms with Crippen molar-refractivity contribution in [3.05, 3.63) is 35.4 Å². The molecule has 0 amide bonds. The molecule has 2 N–H and O–H groups in total. The van der Waals surface area contributed by atoms with Crippen molar-refractivity contribution in [3.63, 3.8) is 0 Å². The van der Waals surface area contributed by atoms with Crippen molar-refractivity contribution in [2.45, 2.75) is 38.3 Å². The molecule has 1 aromatic carbocycles. The molecule has 0 radical (unpaired) electrons. The lowest BCUT2D eigenvalue weighted by Crippen LogP contribution is -2.27. The second-order valence-corrected chi connectivity index (χ2v) is 5.08. The zero-order valence-corrected chi connectivity index (χ0v) is 10.3. The molecule has 1 aromatic rings. The smallest absolute Gasteiger partial charge is 0.126 e. The Morgan fingerprint density at radius 3 is 2.28 bits per heavy atom. The zero-order valence-electron chi connectivity index (χ0n) is 10.3.